The Morgan fingerprint density at radius 3 is 2.52 bits per heavy atom. The standard InChI is InChI=1S/C29H34ClF3N10O3/c1-19(15-42-18-36-39-40-42)45-26-12-20(2-7-24(26)30)21-13-34-28(35-14-21)37-25-16-43(38-27(25)46-29(32,33)17-31)23-5-3-22(4-6-23)41-8-10-44-11-9-41/h2,7,12-14,16,18-19,22-23H,3-6,8-11,15,17H2,1H3,(H,34,35,37)/t19-,22?,23?/m0/s1. The number of hydrogen-bond donors (Lipinski definition) is 1. The zero-order valence-corrected chi connectivity index (χ0v) is 25.9. The molecule has 6 rings (SSSR count). The van der Waals surface area contributed by atoms with Gasteiger partial charge in [-0.25, -0.2) is 19.0 Å². The van der Waals surface area contributed by atoms with E-state index in [1.807, 2.05) is 6.92 Å². The zero-order valence-electron chi connectivity index (χ0n) is 25.1. The Hall–Kier alpha value is -4.02. The Balaban J connectivity index is 1.14. The summed E-state index contributed by atoms with van der Waals surface area (Å²) in [6.07, 6.45) is 5.44. The van der Waals surface area contributed by atoms with E-state index in [1.165, 1.54) is 6.33 Å². The van der Waals surface area contributed by atoms with Gasteiger partial charge in [-0.2, -0.15) is 8.78 Å². The number of hydrogen-bond acceptors (Lipinski definition) is 11. The highest BCUT2D eigenvalue weighted by Gasteiger charge is 2.35. The van der Waals surface area contributed by atoms with Gasteiger partial charge in [0, 0.05) is 37.1 Å². The summed E-state index contributed by atoms with van der Waals surface area (Å²) in [6.45, 7) is 3.60. The van der Waals surface area contributed by atoms with Crippen molar-refractivity contribution in [2.75, 3.05) is 38.3 Å². The minimum Gasteiger partial charge on any atom is -0.487 e. The van der Waals surface area contributed by atoms with Crippen molar-refractivity contribution in [3.8, 4) is 22.8 Å². The largest absolute Gasteiger partial charge is 0.487 e. The molecule has 1 aliphatic heterocycles. The van der Waals surface area contributed by atoms with E-state index in [4.69, 9.17) is 25.8 Å². The first-order chi connectivity index (χ1) is 22.3. The molecule has 2 fully saturated rings. The molecule has 17 heteroatoms. The number of ether oxygens (including phenoxy) is 3. The average Bonchev–Trinajstić information content (AvgIpc) is 3.72. The van der Waals surface area contributed by atoms with Crippen LogP contribution in [0.3, 0.4) is 0 Å². The lowest BCUT2D eigenvalue weighted by Crippen LogP contribution is -2.45. The van der Waals surface area contributed by atoms with Gasteiger partial charge in [-0.05, 0) is 60.7 Å². The predicted molar refractivity (Wildman–Crippen MR) is 161 cm³/mol. The fourth-order valence-electron chi connectivity index (χ4n) is 5.74. The van der Waals surface area contributed by atoms with Crippen molar-refractivity contribution in [3.63, 3.8) is 0 Å². The number of nitrogens with one attached hydrogen (secondary N) is 1. The van der Waals surface area contributed by atoms with Crippen molar-refractivity contribution in [1.29, 1.82) is 0 Å². The van der Waals surface area contributed by atoms with E-state index in [0.717, 1.165) is 57.6 Å². The molecule has 0 amide bonds. The van der Waals surface area contributed by atoms with E-state index >= 15 is 0 Å². The van der Waals surface area contributed by atoms with Crippen molar-refractivity contribution in [1.82, 2.24) is 44.9 Å². The van der Waals surface area contributed by atoms with Crippen molar-refractivity contribution in [3.05, 3.63) is 48.1 Å². The molecule has 1 saturated carbocycles. The van der Waals surface area contributed by atoms with Gasteiger partial charge in [-0.1, -0.05) is 17.7 Å². The second-order valence-corrected chi connectivity index (χ2v) is 11.7. The number of benzene rings is 1. The van der Waals surface area contributed by atoms with Crippen LogP contribution in [0.5, 0.6) is 11.6 Å². The molecule has 1 aromatic carbocycles. The van der Waals surface area contributed by atoms with Gasteiger partial charge in [-0.3, -0.25) is 9.58 Å². The fraction of sp³-hybridized carbons (Fsp3) is 0.517. The molecule has 1 N–H and O–H groups in total. The van der Waals surface area contributed by atoms with Gasteiger partial charge in [0.05, 0.1) is 37.0 Å². The minimum atomic E-state index is -4.04. The van der Waals surface area contributed by atoms with E-state index < -0.39 is 18.7 Å². The molecular formula is C29H34ClF3N10O3. The highest BCUT2D eigenvalue weighted by molar-refractivity contribution is 6.32. The van der Waals surface area contributed by atoms with Crippen LogP contribution in [0.15, 0.2) is 43.1 Å². The summed E-state index contributed by atoms with van der Waals surface area (Å²) >= 11 is 6.38. The number of nitrogens with zero attached hydrogens (tertiary/aromatic N) is 9. The molecule has 246 valence electrons. The Kier molecular flexibility index (Phi) is 9.84. The van der Waals surface area contributed by atoms with Crippen LogP contribution in [-0.2, 0) is 11.3 Å². The van der Waals surface area contributed by atoms with Crippen LogP contribution in [0, 0.1) is 0 Å². The van der Waals surface area contributed by atoms with Crippen LogP contribution < -0.4 is 14.8 Å². The Morgan fingerprint density at radius 1 is 1.09 bits per heavy atom. The molecule has 0 bridgehead atoms. The second-order valence-electron chi connectivity index (χ2n) is 11.3. The number of aromatic nitrogens is 8. The first-order valence-electron chi connectivity index (χ1n) is 15.1. The maximum absolute atomic E-state index is 14.0. The summed E-state index contributed by atoms with van der Waals surface area (Å²) in [5.74, 6) is 0.151. The van der Waals surface area contributed by atoms with Crippen LogP contribution in [0.1, 0.15) is 38.6 Å². The SMILES string of the molecule is C[C@@H](Cn1cnnn1)Oc1cc(-c2cnc(Nc3cn(C4CCC(N5CCOCC5)CC4)nc3OC(F)(F)CF)nc2)ccc1Cl. The molecule has 1 aliphatic carbocycles. The van der Waals surface area contributed by atoms with Crippen molar-refractivity contribution < 1.29 is 27.4 Å². The Morgan fingerprint density at radius 2 is 1.83 bits per heavy atom. The summed E-state index contributed by atoms with van der Waals surface area (Å²) in [5.41, 5.74) is 1.51. The number of alkyl halides is 3. The number of rotatable bonds is 12. The van der Waals surface area contributed by atoms with E-state index in [2.05, 4.69) is 40.8 Å². The minimum absolute atomic E-state index is 0.0191. The third kappa shape index (κ3) is 7.85. The van der Waals surface area contributed by atoms with Gasteiger partial charge in [0.1, 0.15) is 23.9 Å². The predicted octanol–water partition coefficient (Wildman–Crippen LogP) is 4.95. The summed E-state index contributed by atoms with van der Waals surface area (Å²) in [7, 11) is 0. The highest BCUT2D eigenvalue weighted by atomic mass is 35.5. The lowest BCUT2D eigenvalue weighted by molar-refractivity contribution is -0.188. The van der Waals surface area contributed by atoms with Crippen LogP contribution in [0.25, 0.3) is 11.1 Å². The summed E-state index contributed by atoms with van der Waals surface area (Å²) in [4.78, 5) is 11.2. The quantitative estimate of drug-likeness (QED) is 0.221. The maximum Gasteiger partial charge on any atom is 0.428 e. The normalized spacial score (nSPS) is 19.9. The number of halogens is 4. The molecular weight excluding hydrogens is 629 g/mol. The summed E-state index contributed by atoms with van der Waals surface area (Å²) in [6, 6.07) is 5.72. The van der Waals surface area contributed by atoms with Crippen LogP contribution >= 0.6 is 11.6 Å². The Labute approximate surface area is 268 Å². The molecule has 4 aromatic rings. The van der Waals surface area contributed by atoms with Gasteiger partial charge in [-0.15, -0.1) is 10.2 Å². The topological polar surface area (TPSA) is 130 Å². The number of morpholine rings is 1. The molecule has 0 unspecified atom stereocenters. The molecule has 46 heavy (non-hydrogen) atoms. The van der Waals surface area contributed by atoms with Crippen LogP contribution in [0.4, 0.5) is 24.8 Å². The molecule has 1 atom stereocenters. The summed E-state index contributed by atoms with van der Waals surface area (Å²) < 4.78 is 60.4. The lowest BCUT2D eigenvalue weighted by Gasteiger charge is -2.38. The molecule has 13 nitrogen and oxygen atoms in total. The smallest absolute Gasteiger partial charge is 0.428 e. The van der Waals surface area contributed by atoms with Crippen molar-refractivity contribution >= 4 is 23.2 Å². The van der Waals surface area contributed by atoms with Gasteiger partial charge >= 0.3 is 6.11 Å². The molecule has 4 heterocycles. The maximum atomic E-state index is 14.0. The zero-order chi connectivity index (χ0) is 32.1. The highest BCUT2D eigenvalue weighted by Crippen LogP contribution is 2.37. The third-order valence-corrected chi connectivity index (χ3v) is 8.34. The third-order valence-electron chi connectivity index (χ3n) is 8.03. The van der Waals surface area contributed by atoms with Gasteiger partial charge < -0.3 is 19.5 Å². The molecule has 0 radical (unpaired) electrons. The van der Waals surface area contributed by atoms with E-state index in [-0.39, 0.29) is 23.8 Å². The van der Waals surface area contributed by atoms with Crippen LogP contribution in [0.2, 0.25) is 5.02 Å². The molecule has 0 spiro atoms. The van der Waals surface area contributed by atoms with Gasteiger partial charge in [0.25, 0.3) is 5.88 Å². The summed E-state index contributed by atoms with van der Waals surface area (Å²) in [5, 5.41) is 18.7. The molecule has 2 aliphatic rings. The molecule has 1 saturated heterocycles. The first kappa shape index (κ1) is 31.9. The monoisotopic (exact) mass is 662 g/mol. The van der Waals surface area contributed by atoms with E-state index in [1.54, 1.807) is 46.2 Å². The lowest BCUT2D eigenvalue weighted by atomic mass is 9.90. The van der Waals surface area contributed by atoms with E-state index in [0.29, 0.717) is 28.9 Å². The van der Waals surface area contributed by atoms with Gasteiger partial charge in [0.2, 0.25) is 5.95 Å². The van der Waals surface area contributed by atoms with Crippen molar-refractivity contribution in [2.24, 2.45) is 0 Å². The van der Waals surface area contributed by atoms with E-state index in [9.17, 15) is 13.2 Å². The number of anilines is 2. The van der Waals surface area contributed by atoms with Crippen molar-refractivity contribution in [2.45, 2.75) is 63.4 Å². The molecule has 3 aromatic heterocycles. The van der Waals surface area contributed by atoms with Crippen LogP contribution in [-0.4, -0.2) is 96.1 Å². The Bertz CT molecular complexity index is 1560. The average molecular weight is 663 g/mol. The number of tetrazole rings is 1. The fourth-order valence-corrected chi connectivity index (χ4v) is 5.90. The van der Waals surface area contributed by atoms with Gasteiger partial charge in [0.15, 0.2) is 6.67 Å². The second kappa shape index (κ2) is 14.2. The first-order valence-corrected chi connectivity index (χ1v) is 15.4.